The zero-order valence-electron chi connectivity index (χ0n) is 15.5. The Morgan fingerprint density at radius 1 is 1.31 bits per heavy atom. The van der Waals surface area contributed by atoms with Crippen LogP contribution in [0.5, 0.6) is 0 Å². The lowest BCUT2D eigenvalue weighted by atomic mass is 10.0. The van der Waals surface area contributed by atoms with Crippen LogP contribution in [0.1, 0.15) is 43.5 Å². The van der Waals surface area contributed by atoms with Gasteiger partial charge in [0.05, 0.1) is 19.3 Å². The van der Waals surface area contributed by atoms with Crippen molar-refractivity contribution in [2.24, 2.45) is 5.92 Å². The average Bonchev–Trinajstić information content (AvgIpc) is 3.01. The number of aromatic nitrogens is 2. The molecule has 6 nitrogen and oxygen atoms in total. The third-order valence-corrected chi connectivity index (χ3v) is 4.32. The fourth-order valence-electron chi connectivity index (χ4n) is 2.87. The normalized spacial score (nSPS) is 12.3. The van der Waals surface area contributed by atoms with E-state index in [2.05, 4.69) is 10.3 Å². The van der Waals surface area contributed by atoms with Crippen molar-refractivity contribution in [3.8, 4) is 0 Å². The van der Waals surface area contributed by atoms with Gasteiger partial charge >= 0.3 is 5.97 Å². The minimum Gasteiger partial charge on any atom is -0.467 e. The summed E-state index contributed by atoms with van der Waals surface area (Å²) in [6.45, 7) is 4.03. The van der Waals surface area contributed by atoms with E-state index in [1.54, 1.807) is 18.5 Å². The summed E-state index contributed by atoms with van der Waals surface area (Å²) >= 11 is 0. The molecule has 2 aromatic rings. The van der Waals surface area contributed by atoms with Crippen LogP contribution < -0.4 is 5.32 Å². The van der Waals surface area contributed by atoms with Crippen molar-refractivity contribution in [2.45, 2.75) is 45.7 Å². The van der Waals surface area contributed by atoms with E-state index in [-0.39, 0.29) is 18.5 Å². The lowest BCUT2D eigenvalue weighted by Crippen LogP contribution is -2.45. The molecule has 1 unspecified atom stereocenters. The second kappa shape index (κ2) is 9.31. The van der Waals surface area contributed by atoms with Crippen molar-refractivity contribution in [1.29, 1.82) is 0 Å². The third-order valence-electron chi connectivity index (χ3n) is 4.32. The molecule has 7 heteroatoms. The summed E-state index contributed by atoms with van der Waals surface area (Å²) in [6, 6.07) is 2.89. The molecule has 2 heterocycles. The number of hydrogen-bond donors (Lipinski definition) is 1. The van der Waals surface area contributed by atoms with Crippen molar-refractivity contribution >= 4 is 22.9 Å². The van der Waals surface area contributed by atoms with Gasteiger partial charge in [0.1, 0.15) is 11.7 Å². The van der Waals surface area contributed by atoms with Crippen molar-refractivity contribution < 1.29 is 18.7 Å². The summed E-state index contributed by atoms with van der Waals surface area (Å²) < 4.78 is 18.9. The van der Waals surface area contributed by atoms with Crippen LogP contribution in [0.2, 0.25) is 0 Å². The number of halogens is 1. The zero-order valence-corrected chi connectivity index (χ0v) is 15.5. The highest BCUT2D eigenvalue weighted by Gasteiger charge is 2.26. The van der Waals surface area contributed by atoms with Crippen molar-refractivity contribution in [2.75, 3.05) is 13.8 Å². The van der Waals surface area contributed by atoms with Gasteiger partial charge in [0, 0.05) is 24.3 Å². The van der Waals surface area contributed by atoms with Crippen LogP contribution in [-0.4, -0.2) is 41.3 Å². The second-order valence-corrected chi connectivity index (χ2v) is 6.58. The molecule has 0 aliphatic rings. The predicted molar refractivity (Wildman–Crippen MR) is 97.7 cm³/mol. The monoisotopic (exact) mass is 363 g/mol. The maximum Gasteiger partial charge on any atom is 0.328 e. The molecule has 0 saturated heterocycles. The SMILES string of the molecule is COC(=O)C(NC(=O)c1cn(CCCCCF)c2ncccc12)C(C)C. The number of nitrogens with zero attached hydrogens (tertiary/aromatic N) is 2. The van der Waals surface area contributed by atoms with Crippen LogP contribution >= 0.6 is 0 Å². The summed E-state index contributed by atoms with van der Waals surface area (Å²) in [5.74, 6) is -0.908. The maximum absolute atomic E-state index is 12.8. The number of carbonyl (C=O) groups is 2. The van der Waals surface area contributed by atoms with Gasteiger partial charge in [-0.3, -0.25) is 9.18 Å². The zero-order chi connectivity index (χ0) is 19.1. The molecule has 26 heavy (non-hydrogen) atoms. The van der Waals surface area contributed by atoms with Gasteiger partial charge in [-0.05, 0) is 37.3 Å². The minimum atomic E-state index is -0.716. The third kappa shape index (κ3) is 4.59. The maximum atomic E-state index is 12.8. The number of nitrogens with one attached hydrogen (secondary N) is 1. The molecule has 0 radical (unpaired) electrons. The van der Waals surface area contributed by atoms with E-state index < -0.39 is 12.0 Å². The molecular formula is C19H26FN3O3. The molecule has 0 aromatic carbocycles. The van der Waals surface area contributed by atoms with Crippen LogP contribution in [0, 0.1) is 5.92 Å². The minimum absolute atomic E-state index is 0.0985. The molecule has 0 aliphatic heterocycles. The summed E-state index contributed by atoms with van der Waals surface area (Å²) in [5.41, 5.74) is 1.17. The van der Waals surface area contributed by atoms with Gasteiger partial charge in [0.25, 0.3) is 5.91 Å². The number of aryl methyl sites for hydroxylation is 1. The summed E-state index contributed by atoms with van der Waals surface area (Å²) in [4.78, 5) is 29.0. The van der Waals surface area contributed by atoms with E-state index in [1.807, 2.05) is 24.5 Å². The van der Waals surface area contributed by atoms with Gasteiger partial charge in [-0.1, -0.05) is 13.8 Å². The summed E-state index contributed by atoms with van der Waals surface area (Å²) in [5, 5.41) is 3.49. The topological polar surface area (TPSA) is 73.2 Å². The van der Waals surface area contributed by atoms with Gasteiger partial charge in [0.2, 0.25) is 0 Å². The Balaban J connectivity index is 2.25. The molecule has 0 bridgehead atoms. The van der Waals surface area contributed by atoms with Gasteiger partial charge < -0.3 is 14.6 Å². The number of carbonyl (C=O) groups excluding carboxylic acids is 2. The van der Waals surface area contributed by atoms with E-state index in [0.29, 0.717) is 24.2 Å². The van der Waals surface area contributed by atoms with E-state index in [9.17, 15) is 14.0 Å². The second-order valence-electron chi connectivity index (χ2n) is 6.58. The number of methoxy groups -OCH3 is 1. The van der Waals surface area contributed by atoms with Gasteiger partial charge in [-0.15, -0.1) is 0 Å². The smallest absolute Gasteiger partial charge is 0.328 e. The van der Waals surface area contributed by atoms with Crippen molar-refractivity contribution in [3.05, 3.63) is 30.1 Å². The molecule has 1 N–H and O–H groups in total. The first-order valence-electron chi connectivity index (χ1n) is 8.88. The van der Waals surface area contributed by atoms with Crippen molar-refractivity contribution in [1.82, 2.24) is 14.9 Å². The van der Waals surface area contributed by atoms with E-state index in [1.165, 1.54) is 7.11 Å². The van der Waals surface area contributed by atoms with E-state index >= 15 is 0 Å². The largest absolute Gasteiger partial charge is 0.467 e. The predicted octanol–water partition coefficient (Wildman–Crippen LogP) is 3.10. The fourth-order valence-corrected chi connectivity index (χ4v) is 2.87. The van der Waals surface area contributed by atoms with E-state index in [0.717, 1.165) is 18.2 Å². The number of hydrogen-bond acceptors (Lipinski definition) is 4. The van der Waals surface area contributed by atoms with E-state index in [4.69, 9.17) is 4.74 Å². The first kappa shape index (κ1) is 19.9. The Morgan fingerprint density at radius 2 is 2.08 bits per heavy atom. The van der Waals surface area contributed by atoms with Crippen LogP contribution in [0.4, 0.5) is 4.39 Å². The molecule has 0 fully saturated rings. The highest BCUT2D eigenvalue weighted by Crippen LogP contribution is 2.21. The molecule has 2 rings (SSSR count). The number of ether oxygens (including phenoxy) is 1. The Labute approximate surface area is 152 Å². The van der Waals surface area contributed by atoms with Gasteiger partial charge in [0.15, 0.2) is 0 Å². The average molecular weight is 363 g/mol. The van der Waals surface area contributed by atoms with Crippen LogP contribution in [-0.2, 0) is 16.1 Å². The van der Waals surface area contributed by atoms with Crippen molar-refractivity contribution in [3.63, 3.8) is 0 Å². The molecule has 1 atom stereocenters. The molecular weight excluding hydrogens is 337 g/mol. The number of pyridine rings is 1. The number of amides is 1. The number of rotatable bonds is 9. The molecule has 2 aromatic heterocycles. The van der Waals surface area contributed by atoms with Crippen LogP contribution in [0.25, 0.3) is 11.0 Å². The van der Waals surface area contributed by atoms with Crippen LogP contribution in [0.3, 0.4) is 0 Å². The van der Waals surface area contributed by atoms with Gasteiger partial charge in [-0.25, -0.2) is 9.78 Å². The molecule has 142 valence electrons. The number of fused-ring (bicyclic) bond motifs is 1. The Bertz CT molecular complexity index is 758. The number of alkyl halides is 1. The summed E-state index contributed by atoms with van der Waals surface area (Å²) in [7, 11) is 1.30. The lowest BCUT2D eigenvalue weighted by Gasteiger charge is -2.19. The Kier molecular flexibility index (Phi) is 7.12. The quantitative estimate of drug-likeness (QED) is 0.549. The number of unbranched alkanes of at least 4 members (excludes halogenated alkanes) is 2. The Morgan fingerprint density at radius 3 is 2.73 bits per heavy atom. The Hall–Kier alpha value is -2.44. The molecule has 1 amide bonds. The highest BCUT2D eigenvalue weighted by molar-refractivity contribution is 6.07. The molecule has 0 spiro atoms. The fraction of sp³-hybridized carbons (Fsp3) is 0.526. The first-order valence-corrected chi connectivity index (χ1v) is 8.88. The number of esters is 1. The summed E-state index contributed by atoms with van der Waals surface area (Å²) in [6.07, 6.45) is 5.55. The lowest BCUT2D eigenvalue weighted by molar-refractivity contribution is -0.144. The highest BCUT2D eigenvalue weighted by atomic mass is 19.1. The molecule has 0 aliphatic carbocycles. The standard InChI is InChI=1S/C19H26FN3O3/c1-13(2)16(19(25)26-3)22-18(24)15-12-23(11-6-4-5-9-20)17-14(15)8-7-10-21-17/h7-8,10,12-13,16H,4-6,9,11H2,1-3H3,(H,22,24). The molecule has 0 saturated carbocycles. The van der Waals surface area contributed by atoms with Crippen LogP contribution in [0.15, 0.2) is 24.5 Å². The van der Waals surface area contributed by atoms with Gasteiger partial charge in [-0.2, -0.15) is 0 Å². The first-order chi connectivity index (χ1) is 12.5.